The van der Waals surface area contributed by atoms with Crippen LogP contribution in [0.15, 0.2) is 18.5 Å². The second kappa shape index (κ2) is 5.17. The predicted octanol–water partition coefficient (Wildman–Crippen LogP) is 2.38. The van der Waals surface area contributed by atoms with Gasteiger partial charge in [-0.3, -0.25) is 14.6 Å². The third kappa shape index (κ3) is 2.95. The molecular weight excluding hydrogens is 256 g/mol. The molecule has 2 heterocycles. The first-order valence-corrected chi connectivity index (χ1v) is 5.66. The van der Waals surface area contributed by atoms with Crippen LogP contribution in [0.5, 0.6) is 0 Å². The summed E-state index contributed by atoms with van der Waals surface area (Å²) in [5.74, 6) is -0.563. The molecule has 0 atom stereocenters. The number of hydrogen-bond acceptors (Lipinski definition) is 3. The molecule has 0 saturated carbocycles. The maximum atomic E-state index is 12.3. The number of halogens is 2. The van der Waals surface area contributed by atoms with Crippen molar-refractivity contribution < 1.29 is 13.6 Å². The van der Waals surface area contributed by atoms with Crippen molar-refractivity contribution in [3.63, 3.8) is 0 Å². The Balaban J connectivity index is 2.07. The quantitative estimate of drug-likeness (QED) is 0.894. The minimum absolute atomic E-state index is 0.0902. The summed E-state index contributed by atoms with van der Waals surface area (Å²) in [6, 6.07) is 1.19. The van der Waals surface area contributed by atoms with Crippen LogP contribution in [-0.4, -0.2) is 25.9 Å². The Kier molecular flexibility index (Phi) is 3.59. The molecule has 2 aromatic rings. The largest absolute Gasteiger partial charge is 0.318 e. The van der Waals surface area contributed by atoms with Crippen molar-refractivity contribution >= 4 is 11.6 Å². The van der Waals surface area contributed by atoms with Gasteiger partial charge in [-0.25, -0.2) is 8.78 Å². The third-order valence-corrected chi connectivity index (χ3v) is 2.45. The van der Waals surface area contributed by atoms with E-state index in [0.29, 0.717) is 5.69 Å². The molecule has 2 aromatic heterocycles. The van der Waals surface area contributed by atoms with Crippen LogP contribution in [0.4, 0.5) is 14.5 Å². The smallest absolute Gasteiger partial charge is 0.279 e. The molecule has 1 amide bonds. The lowest BCUT2D eigenvalue weighted by molar-refractivity contribution is 0.102. The molecule has 6 nitrogen and oxygen atoms in total. The average Bonchev–Trinajstić information content (AvgIpc) is 2.96. The first kappa shape index (κ1) is 13.2. The molecule has 0 radical (unpaired) electrons. The second-order valence-corrected chi connectivity index (χ2v) is 4.27. The number of carbonyl (C=O) groups is 1. The lowest BCUT2D eigenvalue weighted by Gasteiger charge is -2.03. The number of nitrogens with zero attached hydrogens (tertiary/aromatic N) is 3. The van der Waals surface area contributed by atoms with Gasteiger partial charge in [0.2, 0.25) is 0 Å². The molecule has 8 heteroatoms. The summed E-state index contributed by atoms with van der Waals surface area (Å²) >= 11 is 0. The summed E-state index contributed by atoms with van der Waals surface area (Å²) in [6.45, 7) is 3.89. The molecule has 19 heavy (non-hydrogen) atoms. The molecule has 102 valence electrons. The third-order valence-electron chi connectivity index (χ3n) is 2.45. The van der Waals surface area contributed by atoms with Crippen molar-refractivity contribution in [2.45, 2.75) is 26.3 Å². The van der Waals surface area contributed by atoms with Crippen LogP contribution in [0.1, 0.15) is 42.5 Å². The van der Waals surface area contributed by atoms with E-state index in [1.165, 1.54) is 6.20 Å². The molecule has 0 unspecified atom stereocenters. The summed E-state index contributed by atoms with van der Waals surface area (Å²) in [5, 5.41) is 12.2. The first-order chi connectivity index (χ1) is 8.97. The summed E-state index contributed by atoms with van der Waals surface area (Å²) in [7, 11) is 0. The number of amides is 1. The van der Waals surface area contributed by atoms with E-state index < -0.39 is 12.3 Å². The Labute approximate surface area is 107 Å². The van der Waals surface area contributed by atoms with Gasteiger partial charge in [0.05, 0.1) is 11.9 Å². The van der Waals surface area contributed by atoms with Gasteiger partial charge in [0.1, 0.15) is 5.69 Å². The Morgan fingerprint density at radius 1 is 1.47 bits per heavy atom. The minimum Gasteiger partial charge on any atom is -0.318 e. The number of anilines is 1. The number of carbonyl (C=O) groups excluding carboxylic acids is 1. The fourth-order valence-corrected chi connectivity index (χ4v) is 1.44. The highest BCUT2D eigenvalue weighted by Crippen LogP contribution is 2.17. The van der Waals surface area contributed by atoms with Crippen molar-refractivity contribution in [1.82, 2.24) is 20.0 Å². The first-order valence-electron chi connectivity index (χ1n) is 5.66. The molecule has 0 bridgehead atoms. The molecule has 0 aromatic carbocycles. The van der Waals surface area contributed by atoms with E-state index in [1.54, 1.807) is 10.9 Å². The number of alkyl halides is 2. The highest BCUT2D eigenvalue weighted by atomic mass is 19.3. The number of aromatic nitrogens is 4. The van der Waals surface area contributed by atoms with Crippen molar-refractivity contribution in [2.24, 2.45) is 0 Å². The van der Waals surface area contributed by atoms with E-state index in [-0.39, 0.29) is 17.4 Å². The monoisotopic (exact) mass is 269 g/mol. The normalized spacial score (nSPS) is 11.3. The van der Waals surface area contributed by atoms with Gasteiger partial charge in [-0.15, -0.1) is 0 Å². The van der Waals surface area contributed by atoms with Gasteiger partial charge in [-0.2, -0.15) is 10.2 Å². The number of aromatic amines is 1. The molecule has 0 fully saturated rings. The van der Waals surface area contributed by atoms with Crippen molar-refractivity contribution in [1.29, 1.82) is 0 Å². The van der Waals surface area contributed by atoms with Crippen LogP contribution in [-0.2, 0) is 0 Å². The average molecular weight is 269 g/mol. The van der Waals surface area contributed by atoms with E-state index in [2.05, 4.69) is 20.6 Å². The van der Waals surface area contributed by atoms with Gasteiger partial charge < -0.3 is 5.32 Å². The number of H-pyrrole nitrogens is 1. The van der Waals surface area contributed by atoms with Gasteiger partial charge in [0.15, 0.2) is 5.69 Å². The lowest BCUT2D eigenvalue weighted by atomic mass is 10.3. The van der Waals surface area contributed by atoms with Gasteiger partial charge in [0, 0.05) is 12.2 Å². The van der Waals surface area contributed by atoms with Gasteiger partial charge in [0.25, 0.3) is 12.3 Å². The van der Waals surface area contributed by atoms with Crippen molar-refractivity contribution in [3.05, 3.63) is 29.8 Å². The van der Waals surface area contributed by atoms with E-state index >= 15 is 0 Å². The molecule has 0 aliphatic heterocycles. The van der Waals surface area contributed by atoms with Crippen LogP contribution < -0.4 is 5.32 Å². The van der Waals surface area contributed by atoms with Crippen molar-refractivity contribution in [3.8, 4) is 0 Å². The van der Waals surface area contributed by atoms with Gasteiger partial charge in [-0.05, 0) is 19.9 Å². The Hall–Kier alpha value is -2.25. The molecule has 0 saturated heterocycles. The SMILES string of the molecule is CC(C)n1cc(NC(=O)c2cc(C(F)F)[nH]n2)cn1. The summed E-state index contributed by atoms with van der Waals surface area (Å²) < 4.78 is 26.4. The topological polar surface area (TPSA) is 75.6 Å². The van der Waals surface area contributed by atoms with Crippen LogP contribution in [0.25, 0.3) is 0 Å². The molecule has 0 spiro atoms. The van der Waals surface area contributed by atoms with Crippen LogP contribution in [0, 0.1) is 0 Å². The maximum Gasteiger partial charge on any atom is 0.279 e. The zero-order valence-electron chi connectivity index (χ0n) is 10.4. The van der Waals surface area contributed by atoms with Crippen LogP contribution >= 0.6 is 0 Å². The molecule has 2 N–H and O–H groups in total. The van der Waals surface area contributed by atoms with E-state index in [0.717, 1.165) is 6.07 Å². The summed E-state index contributed by atoms with van der Waals surface area (Å²) in [5.41, 5.74) is 0.0101. The molecule has 2 rings (SSSR count). The highest BCUT2D eigenvalue weighted by Gasteiger charge is 2.16. The minimum atomic E-state index is -2.68. The molecular formula is C11H13F2N5O. The van der Waals surface area contributed by atoms with E-state index in [4.69, 9.17) is 0 Å². The molecule has 0 aliphatic carbocycles. The maximum absolute atomic E-state index is 12.3. The van der Waals surface area contributed by atoms with Crippen molar-refractivity contribution in [2.75, 3.05) is 5.32 Å². The Morgan fingerprint density at radius 2 is 2.21 bits per heavy atom. The fourth-order valence-electron chi connectivity index (χ4n) is 1.44. The summed E-state index contributed by atoms with van der Waals surface area (Å²) in [6.07, 6.45) is 0.458. The van der Waals surface area contributed by atoms with E-state index in [9.17, 15) is 13.6 Å². The highest BCUT2D eigenvalue weighted by molar-refractivity contribution is 6.02. The second-order valence-electron chi connectivity index (χ2n) is 4.27. The van der Waals surface area contributed by atoms with E-state index in [1.807, 2.05) is 13.8 Å². The summed E-state index contributed by atoms with van der Waals surface area (Å²) in [4.78, 5) is 11.8. The van der Waals surface area contributed by atoms with Gasteiger partial charge >= 0.3 is 0 Å². The van der Waals surface area contributed by atoms with Gasteiger partial charge in [-0.1, -0.05) is 0 Å². The number of hydrogen-bond donors (Lipinski definition) is 2. The lowest BCUT2D eigenvalue weighted by Crippen LogP contribution is -2.12. The van der Waals surface area contributed by atoms with Crippen LogP contribution in [0.3, 0.4) is 0 Å². The number of nitrogens with one attached hydrogen (secondary N) is 2. The Morgan fingerprint density at radius 3 is 2.74 bits per heavy atom. The number of rotatable bonds is 4. The standard InChI is InChI=1S/C11H13F2N5O/c1-6(2)18-5-7(4-14-18)15-11(19)9-3-8(10(12)13)16-17-9/h3-6,10H,1-2H3,(H,15,19)(H,16,17). The molecule has 0 aliphatic rings. The Bertz CT molecular complexity index is 575. The zero-order valence-corrected chi connectivity index (χ0v) is 10.4. The predicted molar refractivity (Wildman–Crippen MR) is 64.1 cm³/mol. The zero-order chi connectivity index (χ0) is 14.0. The fraction of sp³-hybridized carbons (Fsp3) is 0.364. The van der Waals surface area contributed by atoms with Crippen LogP contribution in [0.2, 0.25) is 0 Å².